The van der Waals surface area contributed by atoms with Crippen LogP contribution < -0.4 is 9.64 Å². The molecule has 1 aliphatic rings. The number of carbonyl (C=O) groups excluding carboxylic acids is 2. The molecule has 1 heterocycles. The van der Waals surface area contributed by atoms with E-state index >= 15 is 0 Å². The van der Waals surface area contributed by atoms with Crippen LogP contribution in [0.25, 0.3) is 5.76 Å². The third-order valence-corrected chi connectivity index (χ3v) is 6.74. The zero-order valence-corrected chi connectivity index (χ0v) is 21.6. The zero-order valence-electron chi connectivity index (χ0n) is 20.1. The van der Waals surface area contributed by atoms with E-state index < -0.39 is 23.5 Å². The molecule has 0 spiro atoms. The predicted molar refractivity (Wildman–Crippen MR) is 139 cm³/mol. The molecule has 8 heteroatoms. The lowest BCUT2D eigenvalue weighted by molar-refractivity contribution is -0.132. The van der Waals surface area contributed by atoms with Crippen molar-refractivity contribution in [1.82, 2.24) is 0 Å². The van der Waals surface area contributed by atoms with Crippen LogP contribution in [0.5, 0.6) is 5.75 Å². The smallest absolute Gasteiger partial charge is 0.300 e. The highest BCUT2D eigenvalue weighted by molar-refractivity contribution is 6.51. The largest absolute Gasteiger partial charge is 0.507 e. The molecular formula is C28H24Cl2FNO4. The van der Waals surface area contributed by atoms with Gasteiger partial charge in [0.2, 0.25) is 0 Å². The summed E-state index contributed by atoms with van der Waals surface area (Å²) < 4.78 is 19.1. The van der Waals surface area contributed by atoms with Gasteiger partial charge in [-0.15, -0.1) is 0 Å². The third-order valence-electron chi connectivity index (χ3n) is 6.14. The SMILES string of the molecule is COc1cc(/C(O)=C2\C(=O)C(=O)N(c3ccc(F)c(Cl)c3)C2c2ccc(C(C)(C)C)cc2)ccc1Cl. The van der Waals surface area contributed by atoms with Crippen molar-refractivity contribution in [2.75, 3.05) is 12.0 Å². The Balaban J connectivity index is 1.95. The van der Waals surface area contributed by atoms with Gasteiger partial charge in [0, 0.05) is 11.3 Å². The first kappa shape index (κ1) is 25.7. The first-order valence-electron chi connectivity index (χ1n) is 11.1. The first-order valence-corrected chi connectivity index (χ1v) is 11.9. The lowest BCUT2D eigenvalue weighted by Crippen LogP contribution is -2.29. The fourth-order valence-corrected chi connectivity index (χ4v) is 4.55. The molecule has 0 saturated carbocycles. The van der Waals surface area contributed by atoms with Gasteiger partial charge in [-0.05, 0) is 52.9 Å². The maximum Gasteiger partial charge on any atom is 0.300 e. The van der Waals surface area contributed by atoms with Crippen LogP contribution >= 0.6 is 23.2 Å². The Morgan fingerprint density at radius 1 is 0.972 bits per heavy atom. The van der Waals surface area contributed by atoms with Crippen LogP contribution in [0, 0.1) is 5.82 Å². The fourth-order valence-electron chi connectivity index (χ4n) is 4.18. The summed E-state index contributed by atoms with van der Waals surface area (Å²) in [5, 5.41) is 11.4. The maximum absolute atomic E-state index is 13.9. The Morgan fingerprint density at radius 3 is 2.22 bits per heavy atom. The van der Waals surface area contributed by atoms with E-state index in [4.69, 9.17) is 27.9 Å². The third kappa shape index (κ3) is 4.59. The van der Waals surface area contributed by atoms with Gasteiger partial charge in [-0.3, -0.25) is 14.5 Å². The molecule has 1 aliphatic heterocycles. The summed E-state index contributed by atoms with van der Waals surface area (Å²) in [5.41, 5.74) is 1.88. The summed E-state index contributed by atoms with van der Waals surface area (Å²) in [7, 11) is 1.43. The van der Waals surface area contributed by atoms with Crippen LogP contribution in [0.15, 0.2) is 66.2 Å². The van der Waals surface area contributed by atoms with Crippen molar-refractivity contribution in [1.29, 1.82) is 0 Å². The van der Waals surface area contributed by atoms with E-state index in [1.54, 1.807) is 0 Å². The van der Waals surface area contributed by atoms with Gasteiger partial charge in [-0.25, -0.2) is 4.39 Å². The molecule has 4 rings (SSSR count). The molecule has 36 heavy (non-hydrogen) atoms. The number of benzene rings is 3. The van der Waals surface area contributed by atoms with Gasteiger partial charge in [-0.1, -0.05) is 68.2 Å². The highest BCUT2D eigenvalue weighted by atomic mass is 35.5. The number of nitrogens with zero attached hydrogens (tertiary/aromatic N) is 1. The average molecular weight is 528 g/mol. The van der Waals surface area contributed by atoms with Crippen molar-refractivity contribution < 1.29 is 23.8 Å². The molecule has 0 aliphatic carbocycles. The highest BCUT2D eigenvalue weighted by Crippen LogP contribution is 2.43. The lowest BCUT2D eigenvalue weighted by Gasteiger charge is -2.27. The fraction of sp³-hybridized carbons (Fsp3) is 0.214. The number of methoxy groups -OCH3 is 1. The molecule has 3 aromatic carbocycles. The van der Waals surface area contributed by atoms with Crippen molar-refractivity contribution in [3.63, 3.8) is 0 Å². The normalized spacial score (nSPS) is 17.5. The van der Waals surface area contributed by atoms with Gasteiger partial charge in [0.05, 0.1) is 28.8 Å². The molecule has 1 unspecified atom stereocenters. The molecule has 1 atom stereocenters. The second kappa shape index (κ2) is 9.60. The Morgan fingerprint density at radius 2 is 1.64 bits per heavy atom. The van der Waals surface area contributed by atoms with Crippen LogP contribution in [-0.2, 0) is 15.0 Å². The lowest BCUT2D eigenvalue weighted by atomic mass is 9.85. The van der Waals surface area contributed by atoms with Crippen molar-refractivity contribution in [3.05, 3.63) is 98.8 Å². The number of aliphatic hydroxyl groups excluding tert-OH is 1. The second-order valence-corrected chi connectivity index (χ2v) is 10.3. The molecule has 0 aromatic heterocycles. The molecular weight excluding hydrogens is 504 g/mol. The number of amides is 1. The van der Waals surface area contributed by atoms with Crippen LogP contribution in [0.2, 0.25) is 10.0 Å². The van der Waals surface area contributed by atoms with Crippen molar-refractivity contribution in [2.45, 2.75) is 32.2 Å². The summed E-state index contributed by atoms with van der Waals surface area (Å²) in [5.74, 6) is -2.50. The van der Waals surface area contributed by atoms with E-state index in [0.717, 1.165) is 11.6 Å². The number of rotatable bonds is 4. The summed E-state index contributed by atoms with van der Waals surface area (Å²) in [4.78, 5) is 27.8. The zero-order chi connectivity index (χ0) is 26.4. The van der Waals surface area contributed by atoms with Crippen LogP contribution in [-0.4, -0.2) is 23.9 Å². The van der Waals surface area contributed by atoms with Crippen LogP contribution in [0.3, 0.4) is 0 Å². The van der Waals surface area contributed by atoms with E-state index in [1.807, 2.05) is 24.3 Å². The van der Waals surface area contributed by atoms with Crippen molar-refractivity contribution in [3.8, 4) is 5.75 Å². The number of hydrogen-bond acceptors (Lipinski definition) is 4. The topological polar surface area (TPSA) is 66.8 Å². The van der Waals surface area contributed by atoms with Gasteiger partial charge < -0.3 is 9.84 Å². The van der Waals surface area contributed by atoms with E-state index in [-0.39, 0.29) is 33.0 Å². The minimum atomic E-state index is -0.984. The number of hydrogen-bond donors (Lipinski definition) is 1. The van der Waals surface area contributed by atoms with Crippen LogP contribution in [0.4, 0.5) is 10.1 Å². The number of aliphatic hydroxyl groups is 1. The Bertz CT molecular complexity index is 1390. The number of anilines is 1. The molecule has 1 fully saturated rings. The number of ketones is 1. The van der Waals surface area contributed by atoms with E-state index in [0.29, 0.717) is 16.3 Å². The Labute approximate surface area is 218 Å². The molecule has 1 saturated heterocycles. The van der Waals surface area contributed by atoms with E-state index in [9.17, 15) is 19.1 Å². The number of carbonyl (C=O) groups is 2. The standard InChI is InChI=1S/C28H24Cl2FNO4/c1-28(2,3)17-8-5-15(6-9-17)24-23(25(33)16-7-11-19(29)22(13-16)36-4)26(34)27(35)32(24)18-10-12-21(31)20(30)14-18/h5-14,24,33H,1-4H3/b25-23+. The minimum Gasteiger partial charge on any atom is -0.507 e. The Hall–Kier alpha value is -3.35. The summed E-state index contributed by atoms with van der Waals surface area (Å²) in [6.45, 7) is 6.22. The molecule has 5 nitrogen and oxygen atoms in total. The number of Topliss-reactive ketones (excluding diaryl/α,β-unsaturated/α-hetero) is 1. The molecule has 1 amide bonds. The Kier molecular flexibility index (Phi) is 6.86. The first-order chi connectivity index (χ1) is 16.9. The average Bonchev–Trinajstić information content (AvgIpc) is 3.10. The minimum absolute atomic E-state index is 0.117. The summed E-state index contributed by atoms with van der Waals surface area (Å²) in [6, 6.07) is 14.8. The monoisotopic (exact) mass is 527 g/mol. The molecule has 186 valence electrons. The number of ether oxygens (including phenoxy) is 1. The predicted octanol–water partition coefficient (Wildman–Crippen LogP) is 7.06. The summed E-state index contributed by atoms with van der Waals surface area (Å²) >= 11 is 12.1. The van der Waals surface area contributed by atoms with E-state index in [1.165, 1.54) is 42.3 Å². The molecule has 0 radical (unpaired) electrons. The molecule has 1 N–H and O–H groups in total. The van der Waals surface area contributed by atoms with Crippen molar-refractivity contribution >= 4 is 46.3 Å². The summed E-state index contributed by atoms with van der Waals surface area (Å²) in [6.07, 6.45) is 0. The van der Waals surface area contributed by atoms with Gasteiger partial charge in [0.25, 0.3) is 11.7 Å². The maximum atomic E-state index is 13.9. The van der Waals surface area contributed by atoms with Crippen molar-refractivity contribution in [2.24, 2.45) is 0 Å². The number of halogens is 3. The van der Waals surface area contributed by atoms with Gasteiger partial charge in [0.1, 0.15) is 17.3 Å². The quantitative estimate of drug-likeness (QED) is 0.224. The van der Waals surface area contributed by atoms with Gasteiger partial charge in [-0.2, -0.15) is 0 Å². The van der Waals surface area contributed by atoms with Gasteiger partial charge in [0.15, 0.2) is 0 Å². The molecule has 3 aromatic rings. The second-order valence-electron chi connectivity index (χ2n) is 9.49. The van der Waals surface area contributed by atoms with Crippen LogP contribution in [0.1, 0.15) is 43.5 Å². The highest BCUT2D eigenvalue weighted by Gasteiger charge is 2.47. The van der Waals surface area contributed by atoms with Gasteiger partial charge >= 0.3 is 0 Å². The molecule has 0 bridgehead atoms. The van der Waals surface area contributed by atoms with E-state index in [2.05, 4.69) is 20.8 Å².